The summed E-state index contributed by atoms with van der Waals surface area (Å²) in [6.07, 6.45) is -0.00827. The summed E-state index contributed by atoms with van der Waals surface area (Å²) in [7, 11) is 0. The van der Waals surface area contributed by atoms with E-state index in [9.17, 15) is 14.0 Å². The molecule has 0 spiro atoms. The molecule has 1 saturated heterocycles. The number of hydrogen-bond acceptors (Lipinski definition) is 2. The van der Waals surface area contributed by atoms with Gasteiger partial charge in [0, 0.05) is 38.2 Å². The molecule has 5 nitrogen and oxygen atoms in total. The van der Waals surface area contributed by atoms with Gasteiger partial charge in [-0.1, -0.05) is 48.5 Å². The lowest BCUT2D eigenvalue weighted by Crippen LogP contribution is -2.52. The smallest absolute Gasteiger partial charge is 0.321 e. The van der Waals surface area contributed by atoms with Crippen LogP contribution in [-0.4, -0.2) is 35.6 Å². The van der Waals surface area contributed by atoms with Gasteiger partial charge < -0.3 is 15.5 Å². The summed E-state index contributed by atoms with van der Waals surface area (Å²) < 4.78 is 15.0. The normalized spacial score (nSPS) is 16.0. The average Bonchev–Trinajstić information content (AvgIpc) is 2.68. The number of carbonyl (C=O) groups excluding carboxylic acids is 2. The Labute approximate surface area is 152 Å². The summed E-state index contributed by atoms with van der Waals surface area (Å²) in [5, 5.41) is 5.44. The first-order chi connectivity index (χ1) is 12.6. The lowest BCUT2D eigenvalue weighted by atomic mass is 9.92. The van der Waals surface area contributed by atoms with E-state index in [-0.39, 0.29) is 32.0 Å². The van der Waals surface area contributed by atoms with Crippen molar-refractivity contribution in [3.05, 3.63) is 66.2 Å². The number of nitrogens with one attached hydrogen (secondary N) is 2. The molecule has 0 saturated carbocycles. The second kappa shape index (κ2) is 7.99. The molecule has 3 rings (SSSR count). The van der Waals surface area contributed by atoms with Gasteiger partial charge in [-0.15, -0.1) is 0 Å². The van der Waals surface area contributed by atoms with Crippen LogP contribution >= 0.6 is 0 Å². The van der Waals surface area contributed by atoms with Gasteiger partial charge in [0.1, 0.15) is 0 Å². The summed E-state index contributed by atoms with van der Waals surface area (Å²) in [6, 6.07) is 18.2. The summed E-state index contributed by atoms with van der Waals surface area (Å²) in [4.78, 5) is 26.0. The molecule has 0 bridgehead atoms. The van der Waals surface area contributed by atoms with Crippen LogP contribution in [0.2, 0.25) is 0 Å². The lowest BCUT2D eigenvalue weighted by molar-refractivity contribution is -0.135. The van der Waals surface area contributed by atoms with Gasteiger partial charge in [-0.25, -0.2) is 9.18 Å². The highest BCUT2D eigenvalue weighted by molar-refractivity contribution is 5.90. The highest BCUT2D eigenvalue weighted by Gasteiger charge is 2.42. The summed E-state index contributed by atoms with van der Waals surface area (Å²) in [5.41, 5.74) is -0.322. The van der Waals surface area contributed by atoms with E-state index in [0.29, 0.717) is 12.2 Å². The molecule has 26 heavy (non-hydrogen) atoms. The van der Waals surface area contributed by atoms with Crippen molar-refractivity contribution >= 4 is 17.6 Å². The number of likely N-dealkylation sites (tertiary alicyclic amines) is 1. The predicted octanol–water partition coefficient (Wildman–Crippen LogP) is 3.34. The fraction of sp³-hybridized carbons (Fsp3) is 0.300. The van der Waals surface area contributed by atoms with Gasteiger partial charge in [-0.2, -0.15) is 0 Å². The van der Waals surface area contributed by atoms with Crippen molar-refractivity contribution in [3.63, 3.8) is 0 Å². The molecule has 1 aliphatic rings. The number of halogens is 1. The molecule has 1 heterocycles. The number of rotatable bonds is 4. The third kappa shape index (κ3) is 4.39. The van der Waals surface area contributed by atoms with E-state index in [0.717, 1.165) is 5.56 Å². The Bertz CT molecular complexity index is 744. The van der Waals surface area contributed by atoms with Crippen LogP contribution in [0.4, 0.5) is 14.9 Å². The Balaban J connectivity index is 1.50. The highest BCUT2D eigenvalue weighted by atomic mass is 19.1. The van der Waals surface area contributed by atoms with E-state index in [1.54, 1.807) is 12.1 Å². The lowest BCUT2D eigenvalue weighted by Gasteiger charge is -2.35. The van der Waals surface area contributed by atoms with Gasteiger partial charge in [-0.3, -0.25) is 4.79 Å². The molecule has 3 amide bonds. The van der Waals surface area contributed by atoms with E-state index < -0.39 is 11.6 Å². The van der Waals surface area contributed by atoms with Crippen LogP contribution in [0.3, 0.4) is 0 Å². The van der Waals surface area contributed by atoms with Crippen LogP contribution in [0, 0.1) is 0 Å². The Morgan fingerprint density at radius 2 is 1.54 bits per heavy atom. The zero-order valence-corrected chi connectivity index (χ0v) is 14.5. The van der Waals surface area contributed by atoms with Gasteiger partial charge >= 0.3 is 6.03 Å². The number of hydrogen-bond donors (Lipinski definition) is 2. The average molecular weight is 355 g/mol. The second-order valence-electron chi connectivity index (χ2n) is 6.42. The summed E-state index contributed by atoms with van der Waals surface area (Å²) in [5.74, 6) is -0.607. The molecule has 6 heteroatoms. The predicted molar refractivity (Wildman–Crippen MR) is 98.4 cm³/mol. The number of para-hydroxylation sites is 1. The number of anilines is 1. The zero-order chi connectivity index (χ0) is 18.4. The fourth-order valence-corrected chi connectivity index (χ4v) is 2.95. The molecule has 1 aliphatic heterocycles. The van der Waals surface area contributed by atoms with Gasteiger partial charge in [0.15, 0.2) is 5.67 Å². The Morgan fingerprint density at radius 3 is 2.15 bits per heavy atom. The van der Waals surface area contributed by atoms with Crippen molar-refractivity contribution < 1.29 is 14.0 Å². The Hall–Kier alpha value is -2.89. The second-order valence-corrected chi connectivity index (χ2v) is 6.42. The van der Waals surface area contributed by atoms with Crippen molar-refractivity contribution in [2.24, 2.45) is 0 Å². The van der Waals surface area contributed by atoms with Crippen molar-refractivity contribution in [3.8, 4) is 0 Å². The number of benzene rings is 2. The standard InChI is InChI=1S/C20H22FN3O2/c21-20(18(25)22-15-16-7-3-1-4-8-16)11-13-24(14-12-20)19(26)23-17-9-5-2-6-10-17/h1-10H,11-15H2,(H,22,25)(H,23,26). The maximum Gasteiger partial charge on any atom is 0.321 e. The number of nitrogens with zero attached hydrogens (tertiary/aromatic N) is 1. The minimum absolute atomic E-state index is 0.00413. The van der Waals surface area contributed by atoms with Gasteiger partial charge in [0.2, 0.25) is 0 Å². The third-order valence-corrected chi connectivity index (χ3v) is 4.57. The van der Waals surface area contributed by atoms with Gasteiger partial charge in [-0.05, 0) is 17.7 Å². The fourth-order valence-electron chi connectivity index (χ4n) is 2.95. The van der Waals surface area contributed by atoms with Crippen LogP contribution < -0.4 is 10.6 Å². The molecule has 2 aromatic rings. The topological polar surface area (TPSA) is 61.4 Å². The first-order valence-corrected chi connectivity index (χ1v) is 8.69. The molecule has 136 valence electrons. The highest BCUT2D eigenvalue weighted by Crippen LogP contribution is 2.27. The number of carbonyl (C=O) groups is 2. The van der Waals surface area contributed by atoms with E-state index >= 15 is 0 Å². The van der Waals surface area contributed by atoms with E-state index in [4.69, 9.17) is 0 Å². The van der Waals surface area contributed by atoms with Crippen LogP contribution in [0.25, 0.3) is 0 Å². The number of piperidine rings is 1. The summed E-state index contributed by atoms with van der Waals surface area (Å²) in [6.45, 7) is 0.700. The Morgan fingerprint density at radius 1 is 0.962 bits per heavy atom. The van der Waals surface area contributed by atoms with E-state index in [1.165, 1.54) is 4.90 Å². The number of urea groups is 1. The zero-order valence-electron chi connectivity index (χ0n) is 14.5. The maximum atomic E-state index is 15.0. The first-order valence-electron chi connectivity index (χ1n) is 8.69. The maximum absolute atomic E-state index is 15.0. The quantitative estimate of drug-likeness (QED) is 0.884. The van der Waals surface area contributed by atoms with E-state index in [2.05, 4.69) is 10.6 Å². The van der Waals surface area contributed by atoms with Gasteiger partial charge in [0.05, 0.1) is 0 Å². The molecule has 0 aromatic heterocycles. The molecule has 0 radical (unpaired) electrons. The minimum Gasteiger partial charge on any atom is -0.349 e. The number of amides is 3. The molecular weight excluding hydrogens is 333 g/mol. The first kappa shape index (κ1) is 17.9. The largest absolute Gasteiger partial charge is 0.349 e. The van der Waals surface area contributed by atoms with Crippen LogP contribution in [0.1, 0.15) is 18.4 Å². The number of alkyl halides is 1. The van der Waals surface area contributed by atoms with Gasteiger partial charge in [0.25, 0.3) is 5.91 Å². The summed E-state index contributed by atoms with van der Waals surface area (Å²) >= 11 is 0. The molecule has 0 unspecified atom stereocenters. The molecule has 2 aromatic carbocycles. The van der Waals surface area contributed by atoms with Crippen LogP contribution in [0.5, 0.6) is 0 Å². The SMILES string of the molecule is O=C(Nc1ccccc1)N1CCC(F)(C(=O)NCc2ccccc2)CC1. The third-order valence-electron chi connectivity index (χ3n) is 4.57. The van der Waals surface area contributed by atoms with Crippen molar-refractivity contribution in [1.29, 1.82) is 0 Å². The monoisotopic (exact) mass is 355 g/mol. The van der Waals surface area contributed by atoms with Crippen LogP contribution in [0.15, 0.2) is 60.7 Å². The molecule has 1 fully saturated rings. The molecular formula is C20H22FN3O2. The Kier molecular flexibility index (Phi) is 5.51. The molecule has 0 atom stereocenters. The van der Waals surface area contributed by atoms with E-state index in [1.807, 2.05) is 48.5 Å². The van der Waals surface area contributed by atoms with Crippen molar-refractivity contribution in [2.45, 2.75) is 25.1 Å². The molecule has 2 N–H and O–H groups in total. The molecule has 0 aliphatic carbocycles. The van der Waals surface area contributed by atoms with Crippen LogP contribution in [-0.2, 0) is 11.3 Å². The van der Waals surface area contributed by atoms with Crippen molar-refractivity contribution in [1.82, 2.24) is 10.2 Å². The van der Waals surface area contributed by atoms with Crippen molar-refractivity contribution in [2.75, 3.05) is 18.4 Å². The minimum atomic E-state index is -1.93.